The van der Waals surface area contributed by atoms with Crippen molar-refractivity contribution in [3.63, 3.8) is 0 Å². The number of anilines is 1. The third-order valence-corrected chi connectivity index (χ3v) is 5.83. The van der Waals surface area contributed by atoms with Crippen molar-refractivity contribution >= 4 is 11.7 Å². The molecular weight excluding hydrogens is 439 g/mol. The minimum Gasteiger partial charge on any atom is -0.386 e. The number of aromatic nitrogens is 2. The molecular formula is C22H28F3N5O3. The van der Waals surface area contributed by atoms with E-state index in [1.165, 1.54) is 22.9 Å². The lowest BCUT2D eigenvalue weighted by atomic mass is 10.1. The van der Waals surface area contributed by atoms with Crippen molar-refractivity contribution in [3.05, 3.63) is 46.6 Å². The highest BCUT2D eigenvalue weighted by atomic mass is 19.4. The molecule has 180 valence electrons. The highest BCUT2D eigenvalue weighted by molar-refractivity contribution is 5.95. The van der Waals surface area contributed by atoms with E-state index in [9.17, 15) is 23.1 Å². The van der Waals surface area contributed by atoms with Crippen molar-refractivity contribution in [1.82, 2.24) is 19.7 Å². The molecule has 1 aromatic carbocycles. The number of β-amino-alcohol motifs (C(OH)–C–C–N with tert-alkyl or cyclic N) is 1. The van der Waals surface area contributed by atoms with E-state index in [0.717, 1.165) is 11.1 Å². The second kappa shape index (κ2) is 8.30. The second-order valence-corrected chi connectivity index (χ2v) is 9.29. The SMILES string of the molecule is CC(C)N1CN(C)Cc2c1nn(Cc1ccccc1C(F)(F)F)c2C(=O)N1C[C@](C)(O)CO1. The third-order valence-electron chi connectivity index (χ3n) is 5.83. The minimum atomic E-state index is -4.53. The molecule has 11 heteroatoms. The molecule has 3 heterocycles. The van der Waals surface area contributed by atoms with Gasteiger partial charge in [0.2, 0.25) is 0 Å². The smallest absolute Gasteiger partial charge is 0.386 e. The molecule has 0 aliphatic carbocycles. The van der Waals surface area contributed by atoms with E-state index in [1.54, 1.807) is 6.92 Å². The molecule has 0 unspecified atom stereocenters. The normalized spacial score (nSPS) is 21.7. The van der Waals surface area contributed by atoms with Gasteiger partial charge >= 0.3 is 6.18 Å². The first-order chi connectivity index (χ1) is 15.4. The van der Waals surface area contributed by atoms with Crippen molar-refractivity contribution in [3.8, 4) is 0 Å². The van der Waals surface area contributed by atoms with Crippen molar-refractivity contribution in [2.75, 3.05) is 31.8 Å². The number of hydrogen-bond donors (Lipinski definition) is 1. The minimum absolute atomic E-state index is 0.0117. The summed E-state index contributed by atoms with van der Waals surface area (Å²) < 4.78 is 42.2. The monoisotopic (exact) mass is 467 g/mol. The molecule has 1 saturated heterocycles. The first-order valence-corrected chi connectivity index (χ1v) is 10.7. The second-order valence-electron chi connectivity index (χ2n) is 9.29. The van der Waals surface area contributed by atoms with Crippen LogP contribution in [0.15, 0.2) is 24.3 Å². The Kier molecular flexibility index (Phi) is 5.92. The summed E-state index contributed by atoms with van der Waals surface area (Å²) in [6.07, 6.45) is -4.53. The number of benzene rings is 1. The van der Waals surface area contributed by atoms with Crippen LogP contribution in [0.25, 0.3) is 0 Å². The molecule has 1 fully saturated rings. The summed E-state index contributed by atoms with van der Waals surface area (Å²) in [6.45, 7) is 6.18. The molecule has 33 heavy (non-hydrogen) atoms. The highest BCUT2D eigenvalue weighted by Gasteiger charge is 2.41. The van der Waals surface area contributed by atoms with Gasteiger partial charge in [-0.05, 0) is 39.4 Å². The standard InChI is InChI=1S/C22H28F3N5O3/c1-14(2)28-13-27(4)10-16-18(20(31)30-11-21(3,32)12-33-30)29(26-19(16)28)9-15-7-5-6-8-17(15)22(23,24)25/h5-8,14,32H,9-13H2,1-4H3/t21-/m0/s1. The Morgan fingerprint density at radius 3 is 2.61 bits per heavy atom. The largest absolute Gasteiger partial charge is 0.416 e. The van der Waals surface area contributed by atoms with Crippen molar-refractivity contribution in [2.45, 2.75) is 51.7 Å². The summed E-state index contributed by atoms with van der Waals surface area (Å²) in [5, 5.41) is 15.9. The van der Waals surface area contributed by atoms with Gasteiger partial charge in [-0.15, -0.1) is 0 Å². The number of aliphatic hydroxyl groups is 1. The molecule has 1 aromatic heterocycles. The molecule has 8 nitrogen and oxygen atoms in total. The quantitative estimate of drug-likeness (QED) is 0.746. The Morgan fingerprint density at radius 2 is 2.00 bits per heavy atom. The predicted molar refractivity (Wildman–Crippen MR) is 114 cm³/mol. The molecule has 2 aromatic rings. The van der Waals surface area contributed by atoms with Crippen LogP contribution in [0.1, 0.15) is 48.0 Å². The van der Waals surface area contributed by atoms with E-state index in [2.05, 4.69) is 5.10 Å². The number of carbonyl (C=O) groups is 1. The number of rotatable bonds is 4. The number of fused-ring (bicyclic) bond motifs is 1. The van der Waals surface area contributed by atoms with Crippen molar-refractivity contribution in [1.29, 1.82) is 0 Å². The summed E-state index contributed by atoms with van der Waals surface area (Å²) in [5.74, 6) is 0.0342. The van der Waals surface area contributed by atoms with Crippen LogP contribution in [0, 0.1) is 0 Å². The zero-order valence-electron chi connectivity index (χ0n) is 19.1. The summed E-state index contributed by atoms with van der Waals surface area (Å²) in [7, 11) is 1.90. The molecule has 0 spiro atoms. The predicted octanol–water partition coefficient (Wildman–Crippen LogP) is 2.71. The van der Waals surface area contributed by atoms with Gasteiger partial charge in [0, 0.05) is 18.2 Å². The van der Waals surface area contributed by atoms with E-state index >= 15 is 0 Å². The Morgan fingerprint density at radius 1 is 1.30 bits per heavy atom. The summed E-state index contributed by atoms with van der Waals surface area (Å²) in [6, 6.07) is 5.34. The van der Waals surface area contributed by atoms with Gasteiger partial charge in [0.25, 0.3) is 5.91 Å². The fraction of sp³-hybridized carbons (Fsp3) is 0.545. The molecule has 0 saturated carbocycles. The van der Waals surface area contributed by atoms with Gasteiger partial charge in [0.05, 0.1) is 25.3 Å². The lowest BCUT2D eigenvalue weighted by Crippen LogP contribution is -2.44. The van der Waals surface area contributed by atoms with E-state index in [4.69, 9.17) is 4.84 Å². The zero-order valence-corrected chi connectivity index (χ0v) is 19.1. The van der Waals surface area contributed by atoms with Gasteiger partial charge in [0.15, 0.2) is 5.82 Å². The average Bonchev–Trinajstić information content (AvgIpc) is 3.25. The number of hydroxylamine groups is 2. The number of halogens is 3. The molecule has 1 atom stereocenters. The third kappa shape index (κ3) is 4.57. The molecule has 0 radical (unpaired) electrons. The van der Waals surface area contributed by atoms with Gasteiger partial charge in [-0.3, -0.25) is 19.2 Å². The Hall–Kier alpha value is -2.63. The highest BCUT2D eigenvalue weighted by Crippen LogP contribution is 2.35. The number of amides is 1. The molecule has 2 aliphatic heterocycles. The van der Waals surface area contributed by atoms with Gasteiger partial charge in [0.1, 0.15) is 17.9 Å². The van der Waals surface area contributed by atoms with Gasteiger partial charge in [-0.2, -0.15) is 18.3 Å². The fourth-order valence-corrected chi connectivity index (χ4v) is 4.23. The number of alkyl halides is 3. The van der Waals surface area contributed by atoms with Crippen LogP contribution in [0.5, 0.6) is 0 Å². The van der Waals surface area contributed by atoms with Gasteiger partial charge in [-0.25, -0.2) is 5.06 Å². The van der Waals surface area contributed by atoms with E-state index in [-0.39, 0.29) is 37.0 Å². The Balaban J connectivity index is 1.82. The van der Waals surface area contributed by atoms with Gasteiger partial charge in [-0.1, -0.05) is 18.2 Å². The average molecular weight is 467 g/mol. The Bertz CT molecular complexity index is 1050. The van der Waals surface area contributed by atoms with E-state index in [1.807, 2.05) is 30.7 Å². The molecule has 0 bridgehead atoms. The van der Waals surface area contributed by atoms with Crippen LogP contribution in [0.2, 0.25) is 0 Å². The van der Waals surface area contributed by atoms with Crippen LogP contribution < -0.4 is 4.90 Å². The maximum atomic E-state index is 13.6. The first kappa shape index (κ1) is 23.5. The summed E-state index contributed by atoms with van der Waals surface area (Å²) in [5.41, 5.74) is -1.17. The van der Waals surface area contributed by atoms with Crippen LogP contribution in [-0.2, 0) is 24.1 Å². The summed E-state index contributed by atoms with van der Waals surface area (Å²) >= 11 is 0. The molecule has 4 rings (SSSR count). The molecule has 2 aliphatic rings. The van der Waals surface area contributed by atoms with Crippen LogP contribution >= 0.6 is 0 Å². The lowest BCUT2D eigenvalue weighted by molar-refractivity contribution is -0.138. The molecule has 1 amide bonds. The van der Waals surface area contributed by atoms with Gasteiger partial charge < -0.3 is 10.0 Å². The maximum Gasteiger partial charge on any atom is 0.416 e. The topological polar surface area (TPSA) is 74.1 Å². The zero-order chi connectivity index (χ0) is 24.1. The van der Waals surface area contributed by atoms with Crippen LogP contribution in [0.4, 0.5) is 19.0 Å². The maximum absolute atomic E-state index is 13.6. The molecule has 1 N–H and O–H groups in total. The summed E-state index contributed by atoms with van der Waals surface area (Å²) in [4.78, 5) is 22.9. The van der Waals surface area contributed by atoms with Crippen molar-refractivity contribution < 1.29 is 27.9 Å². The number of nitrogens with zero attached hydrogens (tertiary/aromatic N) is 5. The Labute approximate surface area is 190 Å². The van der Waals surface area contributed by atoms with Crippen LogP contribution in [0.3, 0.4) is 0 Å². The van der Waals surface area contributed by atoms with E-state index in [0.29, 0.717) is 24.6 Å². The van der Waals surface area contributed by atoms with Crippen molar-refractivity contribution in [2.24, 2.45) is 0 Å². The number of hydrogen-bond acceptors (Lipinski definition) is 6. The van der Waals surface area contributed by atoms with E-state index < -0.39 is 23.2 Å². The number of carbonyl (C=O) groups excluding carboxylic acids is 1. The fourth-order valence-electron chi connectivity index (χ4n) is 4.23. The van der Waals surface area contributed by atoms with Crippen LogP contribution in [-0.4, -0.2) is 69.3 Å². The lowest BCUT2D eigenvalue weighted by Gasteiger charge is -2.36. The first-order valence-electron chi connectivity index (χ1n) is 10.7.